The molecule has 0 amide bonds. The van der Waals surface area contributed by atoms with E-state index in [2.05, 4.69) is 15.2 Å². The Morgan fingerprint density at radius 3 is 2.79 bits per heavy atom. The maximum absolute atomic E-state index is 9.91. The molecule has 0 fully saturated rings. The van der Waals surface area contributed by atoms with Crippen molar-refractivity contribution in [1.29, 1.82) is 0 Å². The van der Waals surface area contributed by atoms with Crippen molar-refractivity contribution in [1.82, 2.24) is 14.8 Å². The molecule has 2 heterocycles. The predicted octanol–water partition coefficient (Wildman–Crippen LogP) is 3.42. The Kier molecular flexibility index (Phi) is 2.85. The molecule has 1 aromatic heterocycles. The number of hydrogen-bond donors (Lipinski definition) is 1. The minimum atomic E-state index is -2.85. The average molecular weight is 363 g/mol. The highest BCUT2D eigenvalue weighted by atomic mass is 35.5. The van der Waals surface area contributed by atoms with E-state index >= 15 is 0 Å². The van der Waals surface area contributed by atoms with Crippen LogP contribution in [-0.4, -0.2) is 25.6 Å². The van der Waals surface area contributed by atoms with Gasteiger partial charge in [-0.3, -0.25) is 9.56 Å². The largest absolute Gasteiger partial charge is 0.388 e. The summed E-state index contributed by atoms with van der Waals surface area (Å²) in [5.41, 5.74) is 1.41. The van der Waals surface area contributed by atoms with Crippen molar-refractivity contribution in [3.8, 4) is 5.69 Å². The second-order valence-corrected chi connectivity index (χ2v) is 5.85. The fraction of sp³-hybridized carbons (Fsp3) is 0.118. The van der Waals surface area contributed by atoms with Crippen LogP contribution in [0.25, 0.3) is 5.69 Å². The van der Waals surface area contributed by atoms with E-state index in [-0.39, 0.29) is 11.5 Å². The normalized spacial score (nSPS) is 18.2. The Balaban J connectivity index is 2.12. The van der Waals surface area contributed by atoms with E-state index in [1.165, 1.54) is 0 Å². The highest BCUT2D eigenvalue weighted by molar-refractivity contribution is 6.36. The fourth-order valence-electron chi connectivity index (χ4n) is 2.57. The van der Waals surface area contributed by atoms with Crippen LogP contribution < -0.4 is 0 Å². The molecule has 24 heavy (non-hydrogen) atoms. The van der Waals surface area contributed by atoms with Gasteiger partial charge in [-0.2, -0.15) is 0 Å². The van der Waals surface area contributed by atoms with Crippen LogP contribution in [0.2, 0.25) is 10.0 Å². The van der Waals surface area contributed by atoms with Crippen LogP contribution in [0.15, 0.2) is 47.5 Å². The Morgan fingerprint density at radius 1 is 1.17 bits per heavy atom. The summed E-state index contributed by atoms with van der Waals surface area (Å²) in [5.74, 6) is -0.739. The van der Waals surface area contributed by atoms with Gasteiger partial charge in [0.05, 0.1) is 16.9 Å². The molecule has 1 N–H and O–H groups in total. The predicted molar refractivity (Wildman–Crippen MR) is 93.1 cm³/mol. The highest BCUT2D eigenvalue weighted by Crippen LogP contribution is 2.30. The first-order valence-corrected chi connectivity index (χ1v) is 7.69. The molecule has 3 aromatic rings. The van der Waals surface area contributed by atoms with Gasteiger partial charge in [-0.05, 0) is 24.3 Å². The third-order valence-corrected chi connectivity index (χ3v) is 4.18. The van der Waals surface area contributed by atoms with Crippen molar-refractivity contribution in [2.75, 3.05) is 0 Å². The number of fused-ring (bicyclic) bond motifs is 3. The SMILES string of the molecule is [2H]C([2H])(O)c1nnc2n1-c1ccc(Cl)cc1C(c1ccccc1Cl)=NC2([2H])[2H]. The number of aliphatic imine (C=N–C) groups is 1. The molecule has 0 saturated carbocycles. The van der Waals surface area contributed by atoms with E-state index in [1.807, 2.05) is 0 Å². The maximum atomic E-state index is 9.91. The summed E-state index contributed by atoms with van der Waals surface area (Å²) in [4.78, 5) is 4.24. The molecule has 1 aliphatic heterocycles. The van der Waals surface area contributed by atoms with Gasteiger partial charge in [0.15, 0.2) is 11.6 Å². The second kappa shape index (κ2) is 6.02. The van der Waals surface area contributed by atoms with Gasteiger partial charge in [-0.15, -0.1) is 10.2 Å². The molecule has 4 rings (SSSR count). The van der Waals surface area contributed by atoms with Gasteiger partial charge in [0.2, 0.25) is 0 Å². The zero-order valence-electron chi connectivity index (χ0n) is 16.0. The van der Waals surface area contributed by atoms with Gasteiger partial charge in [0.1, 0.15) is 13.1 Å². The van der Waals surface area contributed by atoms with Gasteiger partial charge < -0.3 is 5.11 Å². The molecule has 0 aliphatic carbocycles. The monoisotopic (exact) mass is 362 g/mol. The van der Waals surface area contributed by atoms with Crippen LogP contribution in [0.3, 0.4) is 0 Å². The molecule has 0 saturated heterocycles. The van der Waals surface area contributed by atoms with Crippen LogP contribution in [-0.2, 0) is 13.1 Å². The molecule has 0 bridgehead atoms. The smallest absolute Gasteiger partial charge is 0.163 e. The zero-order chi connectivity index (χ0) is 20.3. The molecular formula is C17H12Cl2N4O. The fourth-order valence-corrected chi connectivity index (χ4v) is 2.97. The van der Waals surface area contributed by atoms with E-state index in [9.17, 15) is 5.11 Å². The minimum absolute atomic E-state index is 0.225. The van der Waals surface area contributed by atoms with Crippen LogP contribution in [0.5, 0.6) is 0 Å². The summed E-state index contributed by atoms with van der Waals surface area (Å²) >= 11 is 12.5. The molecule has 1 aliphatic rings. The van der Waals surface area contributed by atoms with Crippen molar-refractivity contribution in [3.05, 3.63) is 75.3 Å². The number of benzene rings is 2. The van der Waals surface area contributed by atoms with Gasteiger partial charge >= 0.3 is 0 Å². The molecular weight excluding hydrogens is 347 g/mol. The van der Waals surface area contributed by atoms with Gasteiger partial charge in [0.25, 0.3) is 0 Å². The molecule has 0 unspecified atom stereocenters. The highest BCUT2D eigenvalue weighted by Gasteiger charge is 2.23. The second-order valence-electron chi connectivity index (χ2n) is 5.01. The lowest BCUT2D eigenvalue weighted by atomic mass is 10.0. The Morgan fingerprint density at radius 2 is 2.00 bits per heavy atom. The number of halogens is 2. The summed E-state index contributed by atoms with van der Waals surface area (Å²) in [7, 11) is 0. The van der Waals surface area contributed by atoms with Crippen LogP contribution in [0.1, 0.15) is 28.3 Å². The average Bonchev–Trinajstić information content (AvgIpc) is 3.03. The van der Waals surface area contributed by atoms with Gasteiger partial charge in [-0.1, -0.05) is 41.4 Å². The van der Waals surface area contributed by atoms with E-state index in [0.29, 0.717) is 26.9 Å². The number of hydrogen-bond acceptors (Lipinski definition) is 4. The van der Waals surface area contributed by atoms with E-state index < -0.39 is 18.9 Å². The maximum Gasteiger partial charge on any atom is 0.163 e. The lowest BCUT2D eigenvalue weighted by molar-refractivity contribution is 0.268. The summed E-state index contributed by atoms with van der Waals surface area (Å²) in [5, 5.41) is 18.1. The van der Waals surface area contributed by atoms with Crippen molar-refractivity contribution in [2.24, 2.45) is 4.99 Å². The number of rotatable bonds is 2. The summed E-state index contributed by atoms with van der Waals surface area (Å²) in [6.45, 7) is -5.23. The topological polar surface area (TPSA) is 63.3 Å². The Hall–Kier alpha value is -2.21. The lowest BCUT2D eigenvalue weighted by Gasteiger charge is -2.14. The molecule has 2 aromatic carbocycles. The molecule has 0 radical (unpaired) electrons. The van der Waals surface area contributed by atoms with Crippen molar-refractivity contribution in [2.45, 2.75) is 13.1 Å². The van der Waals surface area contributed by atoms with Crippen molar-refractivity contribution < 1.29 is 10.6 Å². The first-order chi connectivity index (χ1) is 13.1. The Bertz CT molecular complexity index is 1120. The van der Waals surface area contributed by atoms with Gasteiger partial charge in [-0.25, -0.2) is 0 Å². The molecule has 7 heteroatoms. The summed E-state index contributed by atoms with van der Waals surface area (Å²) in [6.07, 6.45) is 0. The van der Waals surface area contributed by atoms with Crippen LogP contribution in [0, 0.1) is 0 Å². The number of aliphatic hydroxyl groups is 1. The van der Waals surface area contributed by atoms with E-state index in [1.54, 1.807) is 42.5 Å². The van der Waals surface area contributed by atoms with Crippen molar-refractivity contribution in [3.63, 3.8) is 0 Å². The zero-order valence-corrected chi connectivity index (χ0v) is 13.5. The molecule has 5 nitrogen and oxygen atoms in total. The van der Waals surface area contributed by atoms with Crippen LogP contribution >= 0.6 is 23.2 Å². The number of nitrogens with zero attached hydrogens (tertiary/aromatic N) is 4. The Labute approximate surface area is 153 Å². The molecule has 0 spiro atoms. The third kappa shape index (κ3) is 2.41. The van der Waals surface area contributed by atoms with Crippen LogP contribution in [0.4, 0.5) is 0 Å². The molecule has 0 atom stereocenters. The first-order valence-electron chi connectivity index (χ1n) is 8.93. The van der Waals surface area contributed by atoms with E-state index in [0.717, 1.165) is 4.57 Å². The standard InChI is InChI=1S/C17H12Cl2N4O/c18-10-5-6-14-12(7-10)17(11-3-1-2-4-13(11)19)20-8-15-21-22-16(9-24)23(14)15/h1-7,24H,8-9H2/i8D2,9D2. The minimum Gasteiger partial charge on any atom is -0.388 e. The van der Waals surface area contributed by atoms with Gasteiger partial charge in [0, 0.05) is 21.2 Å². The van der Waals surface area contributed by atoms with Crippen molar-refractivity contribution >= 4 is 28.9 Å². The third-order valence-electron chi connectivity index (χ3n) is 3.61. The molecule has 120 valence electrons. The lowest BCUT2D eigenvalue weighted by Crippen LogP contribution is -2.10. The summed E-state index contributed by atoms with van der Waals surface area (Å²) < 4.78 is 33.3. The first kappa shape index (κ1) is 11.4. The number of aromatic nitrogens is 3. The van der Waals surface area contributed by atoms with E-state index in [4.69, 9.17) is 28.7 Å². The summed E-state index contributed by atoms with van der Waals surface area (Å²) in [6, 6.07) is 11.5. The quantitative estimate of drug-likeness (QED) is 0.759.